The first-order valence-electron chi connectivity index (χ1n) is 5.94. The van der Waals surface area contributed by atoms with Gasteiger partial charge in [-0.25, -0.2) is 0 Å². The molecule has 2 atom stereocenters. The van der Waals surface area contributed by atoms with Gasteiger partial charge in [0.05, 0.1) is 5.56 Å². The Bertz CT molecular complexity index is 408. The van der Waals surface area contributed by atoms with Crippen LogP contribution in [0.4, 0.5) is 0 Å². The molecule has 1 amide bonds. The fourth-order valence-corrected chi connectivity index (χ4v) is 2.71. The summed E-state index contributed by atoms with van der Waals surface area (Å²) in [5.74, 6) is 0.581. The summed E-state index contributed by atoms with van der Waals surface area (Å²) in [6.45, 7) is 4.12. The van der Waals surface area contributed by atoms with Gasteiger partial charge in [-0.3, -0.25) is 4.79 Å². The standard InChI is InChI=1S/C13H17IN2O/c1-9-6-7-15-8-12(9)16-13(17)10-4-2-3-5-11(10)14/h2-5,9,12,15H,6-8H2,1H3,(H,16,17). The van der Waals surface area contributed by atoms with E-state index in [1.54, 1.807) is 0 Å². The summed E-state index contributed by atoms with van der Waals surface area (Å²) >= 11 is 2.20. The maximum Gasteiger partial charge on any atom is 0.252 e. The number of piperidine rings is 1. The van der Waals surface area contributed by atoms with E-state index in [0.29, 0.717) is 5.92 Å². The molecule has 0 saturated carbocycles. The van der Waals surface area contributed by atoms with Crippen LogP contribution in [-0.4, -0.2) is 25.0 Å². The van der Waals surface area contributed by atoms with Gasteiger partial charge in [0.25, 0.3) is 5.91 Å². The molecule has 92 valence electrons. The summed E-state index contributed by atoms with van der Waals surface area (Å²) in [5, 5.41) is 6.44. The van der Waals surface area contributed by atoms with Crippen LogP contribution >= 0.6 is 22.6 Å². The van der Waals surface area contributed by atoms with Crippen LogP contribution in [0.3, 0.4) is 0 Å². The van der Waals surface area contributed by atoms with Crippen molar-refractivity contribution in [2.45, 2.75) is 19.4 Å². The molecule has 1 aromatic carbocycles. The number of amides is 1. The van der Waals surface area contributed by atoms with Crippen LogP contribution in [0.2, 0.25) is 0 Å². The summed E-state index contributed by atoms with van der Waals surface area (Å²) in [4.78, 5) is 12.1. The second-order valence-electron chi connectivity index (χ2n) is 4.53. The maximum atomic E-state index is 12.1. The first-order chi connectivity index (χ1) is 8.18. The molecule has 0 bridgehead atoms. The lowest BCUT2D eigenvalue weighted by atomic mass is 9.94. The van der Waals surface area contributed by atoms with Gasteiger partial charge in [-0.1, -0.05) is 19.1 Å². The molecular formula is C13H17IN2O. The predicted octanol–water partition coefficient (Wildman–Crippen LogP) is 2.02. The molecular weight excluding hydrogens is 327 g/mol. The zero-order valence-corrected chi connectivity index (χ0v) is 12.0. The summed E-state index contributed by atoms with van der Waals surface area (Å²) in [7, 11) is 0. The second kappa shape index (κ2) is 5.82. The van der Waals surface area contributed by atoms with Crippen molar-refractivity contribution in [1.29, 1.82) is 0 Å². The number of carbonyl (C=O) groups is 1. The molecule has 1 aliphatic rings. The Labute approximate surface area is 116 Å². The lowest BCUT2D eigenvalue weighted by molar-refractivity contribution is 0.0914. The molecule has 17 heavy (non-hydrogen) atoms. The van der Waals surface area contributed by atoms with E-state index in [1.807, 2.05) is 24.3 Å². The molecule has 3 nitrogen and oxygen atoms in total. The van der Waals surface area contributed by atoms with Gasteiger partial charge in [0, 0.05) is 16.2 Å². The van der Waals surface area contributed by atoms with E-state index in [9.17, 15) is 4.79 Å². The molecule has 2 N–H and O–H groups in total. The van der Waals surface area contributed by atoms with Crippen molar-refractivity contribution in [2.75, 3.05) is 13.1 Å². The smallest absolute Gasteiger partial charge is 0.252 e. The summed E-state index contributed by atoms with van der Waals surface area (Å²) in [6, 6.07) is 7.92. The Morgan fingerprint density at radius 1 is 1.47 bits per heavy atom. The minimum Gasteiger partial charge on any atom is -0.348 e. The van der Waals surface area contributed by atoms with Crippen LogP contribution in [0.25, 0.3) is 0 Å². The lowest BCUT2D eigenvalue weighted by Gasteiger charge is -2.30. The zero-order chi connectivity index (χ0) is 12.3. The molecule has 2 unspecified atom stereocenters. The van der Waals surface area contributed by atoms with Gasteiger partial charge in [0.2, 0.25) is 0 Å². The van der Waals surface area contributed by atoms with Gasteiger partial charge >= 0.3 is 0 Å². The molecule has 2 rings (SSSR count). The largest absolute Gasteiger partial charge is 0.348 e. The van der Waals surface area contributed by atoms with Crippen LogP contribution < -0.4 is 10.6 Å². The van der Waals surface area contributed by atoms with Crippen LogP contribution in [-0.2, 0) is 0 Å². The van der Waals surface area contributed by atoms with E-state index in [2.05, 4.69) is 40.1 Å². The molecule has 1 saturated heterocycles. The maximum absolute atomic E-state index is 12.1. The Hall–Kier alpha value is -0.620. The third kappa shape index (κ3) is 3.19. The minimum atomic E-state index is 0.0375. The van der Waals surface area contributed by atoms with E-state index in [0.717, 1.165) is 28.6 Å². The highest BCUT2D eigenvalue weighted by Crippen LogP contribution is 2.14. The number of hydrogen-bond acceptors (Lipinski definition) is 2. The topological polar surface area (TPSA) is 41.1 Å². The number of halogens is 1. The van der Waals surface area contributed by atoms with Crippen LogP contribution in [0.1, 0.15) is 23.7 Å². The molecule has 0 radical (unpaired) electrons. The number of carbonyl (C=O) groups excluding carboxylic acids is 1. The fourth-order valence-electron chi connectivity index (χ4n) is 2.07. The summed E-state index contributed by atoms with van der Waals surface area (Å²) < 4.78 is 0.999. The van der Waals surface area contributed by atoms with Crippen molar-refractivity contribution >= 4 is 28.5 Å². The van der Waals surface area contributed by atoms with Crippen molar-refractivity contribution in [1.82, 2.24) is 10.6 Å². The quantitative estimate of drug-likeness (QED) is 0.806. The van der Waals surface area contributed by atoms with Crippen molar-refractivity contribution in [3.8, 4) is 0 Å². The lowest BCUT2D eigenvalue weighted by Crippen LogP contribution is -2.50. The Kier molecular flexibility index (Phi) is 4.39. The average molecular weight is 344 g/mol. The highest BCUT2D eigenvalue weighted by Gasteiger charge is 2.23. The van der Waals surface area contributed by atoms with E-state index in [-0.39, 0.29) is 11.9 Å². The zero-order valence-electron chi connectivity index (χ0n) is 9.87. The first-order valence-corrected chi connectivity index (χ1v) is 7.02. The summed E-state index contributed by atoms with van der Waals surface area (Å²) in [6.07, 6.45) is 1.12. The van der Waals surface area contributed by atoms with Gasteiger partial charge in [0.15, 0.2) is 0 Å². The first kappa shape index (κ1) is 12.8. The molecule has 1 aromatic rings. The highest BCUT2D eigenvalue weighted by atomic mass is 127. The minimum absolute atomic E-state index is 0.0375. The molecule has 4 heteroatoms. The van der Waals surface area contributed by atoms with Gasteiger partial charge in [-0.2, -0.15) is 0 Å². The van der Waals surface area contributed by atoms with E-state index < -0.39 is 0 Å². The Balaban J connectivity index is 2.04. The monoisotopic (exact) mass is 344 g/mol. The van der Waals surface area contributed by atoms with Gasteiger partial charge < -0.3 is 10.6 Å². The molecule has 0 aromatic heterocycles. The van der Waals surface area contributed by atoms with Gasteiger partial charge in [-0.15, -0.1) is 0 Å². The van der Waals surface area contributed by atoms with Crippen molar-refractivity contribution in [2.24, 2.45) is 5.92 Å². The third-order valence-electron chi connectivity index (χ3n) is 3.26. The molecule has 0 spiro atoms. The predicted molar refractivity (Wildman–Crippen MR) is 77.1 cm³/mol. The SMILES string of the molecule is CC1CCNCC1NC(=O)c1ccccc1I. The van der Waals surface area contributed by atoms with E-state index in [4.69, 9.17) is 0 Å². The molecule has 1 aliphatic heterocycles. The van der Waals surface area contributed by atoms with Gasteiger partial charge in [0.1, 0.15) is 0 Å². The Morgan fingerprint density at radius 3 is 2.94 bits per heavy atom. The highest BCUT2D eigenvalue weighted by molar-refractivity contribution is 14.1. The number of benzene rings is 1. The van der Waals surface area contributed by atoms with Crippen molar-refractivity contribution in [3.63, 3.8) is 0 Å². The molecule has 1 heterocycles. The van der Waals surface area contributed by atoms with Crippen LogP contribution in [0.15, 0.2) is 24.3 Å². The molecule has 1 fully saturated rings. The number of rotatable bonds is 2. The van der Waals surface area contributed by atoms with E-state index >= 15 is 0 Å². The summed E-state index contributed by atoms with van der Waals surface area (Å²) in [5.41, 5.74) is 0.769. The normalized spacial score (nSPS) is 24.4. The second-order valence-corrected chi connectivity index (χ2v) is 5.69. The average Bonchev–Trinajstić information content (AvgIpc) is 2.32. The van der Waals surface area contributed by atoms with Crippen LogP contribution in [0, 0.1) is 9.49 Å². The van der Waals surface area contributed by atoms with Crippen molar-refractivity contribution < 1.29 is 4.79 Å². The number of hydrogen-bond donors (Lipinski definition) is 2. The van der Waals surface area contributed by atoms with Gasteiger partial charge in [-0.05, 0) is 53.6 Å². The third-order valence-corrected chi connectivity index (χ3v) is 4.20. The Morgan fingerprint density at radius 2 is 2.24 bits per heavy atom. The van der Waals surface area contributed by atoms with Crippen LogP contribution in [0.5, 0.6) is 0 Å². The molecule has 0 aliphatic carbocycles. The fraction of sp³-hybridized carbons (Fsp3) is 0.462. The number of nitrogens with one attached hydrogen (secondary N) is 2. The van der Waals surface area contributed by atoms with E-state index in [1.165, 1.54) is 0 Å². The van der Waals surface area contributed by atoms with Crippen molar-refractivity contribution in [3.05, 3.63) is 33.4 Å².